The lowest BCUT2D eigenvalue weighted by Crippen LogP contribution is -2.04. The molecule has 0 aliphatic rings. The first kappa shape index (κ1) is 19.1. The fourth-order valence-corrected chi connectivity index (χ4v) is 3.72. The lowest BCUT2D eigenvalue weighted by atomic mass is 10.0. The number of carbonyl (C=O) groups is 1. The quantitative estimate of drug-likeness (QED) is 0.401. The molecule has 29 heavy (non-hydrogen) atoms. The number of thiazole rings is 1. The number of aromatic nitrogens is 1. The Bertz CT molecular complexity index is 1240. The molecule has 0 atom stereocenters. The lowest BCUT2D eigenvalue weighted by Gasteiger charge is -2.08. The van der Waals surface area contributed by atoms with Crippen LogP contribution in [0.1, 0.15) is 16.1 Å². The average molecular weight is 429 g/mol. The molecule has 0 amide bonds. The van der Waals surface area contributed by atoms with Gasteiger partial charge in [-0.3, -0.25) is 0 Å². The van der Waals surface area contributed by atoms with E-state index in [0.717, 1.165) is 29.5 Å². The van der Waals surface area contributed by atoms with Crippen molar-refractivity contribution < 1.29 is 41.0 Å². The smallest absolute Gasteiger partial charge is 0.416 e. The molecular formula is C18H8F5NO4S. The first-order valence-corrected chi connectivity index (χ1v) is 8.73. The Hall–Kier alpha value is -3.21. The number of carboxylic acids is 1. The second-order valence-electron chi connectivity index (χ2n) is 5.85. The first-order chi connectivity index (χ1) is 13.6. The normalized spacial score (nSPS) is 12.2. The second kappa shape index (κ2) is 6.69. The van der Waals surface area contributed by atoms with Crippen LogP contribution < -0.4 is 4.74 Å². The van der Waals surface area contributed by atoms with Crippen LogP contribution in [0.5, 0.6) is 5.75 Å². The molecule has 150 valence electrons. The van der Waals surface area contributed by atoms with Gasteiger partial charge in [-0.25, -0.2) is 9.78 Å². The summed E-state index contributed by atoms with van der Waals surface area (Å²) in [6.07, 6.45) is -4.63. The van der Waals surface area contributed by atoms with E-state index in [9.17, 15) is 26.7 Å². The maximum Gasteiger partial charge on any atom is 0.416 e. The number of halogens is 5. The van der Waals surface area contributed by atoms with E-state index in [0.29, 0.717) is 0 Å². The Morgan fingerprint density at radius 2 is 1.97 bits per heavy atom. The van der Waals surface area contributed by atoms with Gasteiger partial charge in [-0.05, 0) is 30.3 Å². The summed E-state index contributed by atoms with van der Waals surface area (Å²) in [5, 5.41) is 10.6. The molecule has 0 radical (unpaired) electrons. The van der Waals surface area contributed by atoms with Crippen molar-refractivity contribution in [3.63, 3.8) is 0 Å². The van der Waals surface area contributed by atoms with E-state index < -0.39 is 24.3 Å². The highest BCUT2D eigenvalue weighted by atomic mass is 32.1. The van der Waals surface area contributed by atoms with E-state index in [1.54, 1.807) is 0 Å². The summed E-state index contributed by atoms with van der Waals surface area (Å²) in [7, 11) is 0. The minimum Gasteiger partial charge on any atom is -0.476 e. The summed E-state index contributed by atoms with van der Waals surface area (Å²) in [5.41, 5.74) is -1.14. The summed E-state index contributed by atoms with van der Waals surface area (Å²) < 4.78 is 74.9. The number of hydrogen-bond acceptors (Lipinski definition) is 5. The standard InChI is InChI=1S/C18H8F5NO4S/c19-17(20)28-12-4-2-8(15-24-10(6-29-15)16(25)26)13-9-5-7(18(21,22)23)1-3-11(9)27-14(12)13/h1-6,17H,(H,25,26). The zero-order valence-corrected chi connectivity index (χ0v) is 14.8. The third-order valence-corrected chi connectivity index (χ3v) is 4.96. The molecule has 5 nitrogen and oxygen atoms in total. The lowest BCUT2D eigenvalue weighted by molar-refractivity contribution is -0.137. The van der Waals surface area contributed by atoms with Gasteiger partial charge >= 0.3 is 18.8 Å². The number of rotatable bonds is 4. The minimum absolute atomic E-state index is 0.0108. The molecule has 4 rings (SSSR count). The largest absolute Gasteiger partial charge is 0.476 e. The molecule has 11 heteroatoms. The number of fused-ring (bicyclic) bond motifs is 3. The zero-order chi connectivity index (χ0) is 20.9. The SMILES string of the molecule is O=C(O)c1csc(-c2ccc(OC(F)F)c3oc4ccc(C(F)(F)F)cc4c23)n1. The molecule has 0 unspecified atom stereocenters. The Kier molecular flexibility index (Phi) is 4.41. The number of benzene rings is 2. The van der Waals surface area contributed by atoms with Crippen LogP contribution in [0.2, 0.25) is 0 Å². The maximum atomic E-state index is 13.2. The van der Waals surface area contributed by atoms with Gasteiger partial charge in [0.1, 0.15) is 10.6 Å². The third kappa shape index (κ3) is 3.37. The molecule has 4 aromatic rings. The van der Waals surface area contributed by atoms with Crippen LogP contribution in [0.25, 0.3) is 32.5 Å². The maximum absolute atomic E-state index is 13.2. The summed E-state index contributed by atoms with van der Waals surface area (Å²) in [6.45, 7) is -3.18. The van der Waals surface area contributed by atoms with Crippen LogP contribution in [0.4, 0.5) is 22.0 Å². The molecule has 2 aromatic heterocycles. The Morgan fingerprint density at radius 1 is 1.21 bits per heavy atom. The van der Waals surface area contributed by atoms with Gasteiger partial charge in [0.25, 0.3) is 0 Å². The van der Waals surface area contributed by atoms with Crippen molar-refractivity contribution in [3.05, 3.63) is 47.0 Å². The highest BCUT2D eigenvalue weighted by Gasteiger charge is 2.31. The molecule has 0 saturated heterocycles. The molecule has 0 aliphatic heterocycles. The van der Waals surface area contributed by atoms with Crippen LogP contribution in [0.3, 0.4) is 0 Å². The summed E-state index contributed by atoms with van der Waals surface area (Å²) in [6, 6.07) is 5.21. The van der Waals surface area contributed by atoms with Crippen LogP contribution >= 0.6 is 11.3 Å². The van der Waals surface area contributed by atoms with E-state index in [1.165, 1.54) is 17.5 Å². The number of alkyl halides is 5. The van der Waals surface area contributed by atoms with Crippen molar-refractivity contribution in [2.75, 3.05) is 0 Å². The fourth-order valence-electron chi connectivity index (χ4n) is 2.90. The minimum atomic E-state index is -4.63. The summed E-state index contributed by atoms with van der Waals surface area (Å²) in [4.78, 5) is 15.0. The van der Waals surface area contributed by atoms with E-state index in [2.05, 4.69) is 9.72 Å². The van der Waals surface area contributed by atoms with Crippen LogP contribution in [0.15, 0.2) is 40.1 Å². The molecule has 0 fully saturated rings. The van der Waals surface area contributed by atoms with Crippen LogP contribution in [-0.4, -0.2) is 22.7 Å². The number of nitrogens with zero attached hydrogens (tertiary/aromatic N) is 1. The molecule has 1 N–H and O–H groups in total. The monoisotopic (exact) mass is 429 g/mol. The van der Waals surface area contributed by atoms with Crippen molar-refractivity contribution >= 4 is 39.2 Å². The first-order valence-electron chi connectivity index (χ1n) is 7.85. The number of hydrogen-bond donors (Lipinski definition) is 1. The van der Waals surface area contributed by atoms with Crippen molar-refractivity contribution in [1.29, 1.82) is 0 Å². The van der Waals surface area contributed by atoms with Crippen molar-refractivity contribution in [2.24, 2.45) is 0 Å². The van der Waals surface area contributed by atoms with Crippen LogP contribution in [-0.2, 0) is 6.18 Å². The molecule has 0 spiro atoms. The second-order valence-corrected chi connectivity index (χ2v) is 6.71. The Morgan fingerprint density at radius 3 is 2.59 bits per heavy atom. The van der Waals surface area contributed by atoms with E-state index in [4.69, 9.17) is 9.52 Å². The number of aromatic carboxylic acids is 1. The molecule has 0 aliphatic carbocycles. The van der Waals surface area contributed by atoms with Gasteiger partial charge < -0.3 is 14.3 Å². The summed E-state index contributed by atoms with van der Waals surface area (Å²) in [5.74, 6) is -1.64. The number of ether oxygens (including phenoxy) is 1. The highest BCUT2D eigenvalue weighted by Crippen LogP contribution is 2.43. The van der Waals surface area contributed by atoms with Gasteiger partial charge in [-0.1, -0.05) is 0 Å². The van der Waals surface area contributed by atoms with Gasteiger partial charge in [0, 0.05) is 21.7 Å². The fraction of sp³-hybridized carbons (Fsp3) is 0.111. The number of furan rings is 1. The van der Waals surface area contributed by atoms with Crippen molar-refractivity contribution in [2.45, 2.75) is 12.8 Å². The Labute approximate surface area is 161 Å². The molecule has 2 aromatic carbocycles. The topological polar surface area (TPSA) is 72.6 Å². The van der Waals surface area contributed by atoms with E-state index in [-0.39, 0.29) is 44.0 Å². The highest BCUT2D eigenvalue weighted by molar-refractivity contribution is 7.13. The summed E-state index contributed by atoms with van der Waals surface area (Å²) >= 11 is 0.942. The van der Waals surface area contributed by atoms with Crippen molar-refractivity contribution in [3.8, 4) is 16.3 Å². The van der Waals surface area contributed by atoms with Crippen molar-refractivity contribution in [1.82, 2.24) is 4.98 Å². The van der Waals surface area contributed by atoms with Gasteiger partial charge in [0.05, 0.1) is 5.56 Å². The predicted octanol–water partition coefficient (Wildman–Crippen LogP) is 6.03. The molecular weight excluding hydrogens is 421 g/mol. The van der Waals surface area contributed by atoms with Gasteiger partial charge in [-0.15, -0.1) is 11.3 Å². The van der Waals surface area contributed by atoms with Crippen LogP contribution in [0, 0.1) is 0 Å². The predicted molar refractivity (Wildman–Crippen MR) is 93.4 cm³/mol. The zero-order valence-electron chi connectivity index (χ0n) is 14.0. The average Bonchev–Trinajstić information content (AvgIpc) is 3.25. The molecule has 0 bridgehead atoms. The van der Waals surface area contributed by atoms with Gasteiger partial charge in [0.2, 0.25) is 0 Å². The van der Waals surface area contributed by atoms with Gasteiger partial charge in [0.15, 0.2) is 17.0 Å². The molecule has 2 heterocycles. The molecule has 0 saturated carbocycles. The Balaban J connectivity index is 2.05. The van der Waals surface area contributed by atoms with Gasteiger partial charge in [-0.2, -0.15) is 22.0 Å². The van der Waals surface area contributed by atoms with E-state index >= 15 is 0 Å². The number of carboxylic acid groups (broad SMARTS) is 1. The third-order valence-electron chi connectivity index (χ3n) is 4.08. The van der Waals surface area contributed by atoms with E-state index in [1.807, 2.05) is 0 Å².